The Kier molecular flexibility index (Phi) is 1.92. The summed E-state index contributed by atoms with van der Waals surface area (Å²) >= 11 is 3.49. The van der Waals surface area contributed by atoms with Crippen LogP contribution in [0.1, 0.15) is 27.2 Å². The van der Waals surface area contributed by atoms with Crippen LogP contribution in [0.2, 0.25) is 0 Å². The Morgan fingerprint density at radius 3 is 2.10 bits per heavy atom. The molecule has 2 heteroatoms. The number of carbonyl (C=O) groups excluding carboxylic acids is 1. The van der Waals surface area contributed by atoms with E-state index in [1.807, 2.05) is 0 Å². The van der Waals surface area contributed by atoms with E-state index in [0.29, 0.717) is 16.5 Å². The summed E-state index contributed by atoms with van der Waals surface area (Å²) in [6.07, 6.45) is 1.03. The molecule has 0 amide bonds. The van der Waals surface area contributed by atoms with E-state index >= 15 is 0 Å². The van der Waals surface area contributed by atoms with Crippen LogP contribution in [-0.4, -0.2) is 10.6 Å². The standard InChI is InChI=1S/C8H13BrO/c1-5(2)8(6(3)10)4-7(8)9/h5,7H,4H2,1-3H3. The third-order valence-electron chi connectivity index (χ3n) is 2.60. The van der Waals surface area contributed by atoms with Crippen molar-refractivity contribution in [3.63, 3.8) is 0 Å². The molecule has 58 valence electrons. The van der Waals surface area contributed by atoms with Gasteiger partial charge in [0.1, 0.15) is 5.78 Å². The first-order valence-electron chi connectivity index (χ1n) is 3.67. The van der Waals surface area contributed by atoms with Crippen molar-refractivity contribution in [1.82, 2.24) is 0 Å². The molecule has 1 nitrogen and oxygen atoms in total. The van der Waals surface area contributed by atoms with Gasteiger partial charge in [-0.05, 0) is 19.3 Å². The van der Waals surface area contributed by atoms with Crippen molar-refractivity contribution in [2.45, 2.75) is 32.0 Å². The maximum atomic E-state index is 11.1. The Hall–Kier alpha value is 0.150. The molecule has 1 fully saturated rings. The summed E-state index contributed by atoms with van der Waals surface area (Å²) in [4.78, 5) is 11.6. The van der Waals surface area contributed by atoms with E-state index in [0.717, 1.165) is 6.42 Å². The van der Waals surface area contributed by atoms with Crippen LogP contribution in [0.5, 0.6) is 0 Å². The second-order valence-corrected chi connectivity index (χ2v) is 4.53. The molecule has 1 rings (SSSR count). The van der Waals surface area contributed by atoms with Crippen molar-refractivity contribution in [2.24, 2.45) is 11.3 Å². The molecular weight excluding hydrogens is 192 g/mol. The number of Topliss-reactive ketones (excluding diaryl/α,β-unsaturated/α-hetero) is 1. The lowest BCUT2D eigenvalue weighted by Gasteiger charge is -2.15. The normalized spacial score (nSPS) is 38.3. The zero-order chi connectivity index (χ0) is 7.94. The predicted molar refractivity (Wildman–Crippen MR) is 45.3 cm³/mol. The van der Waals surface area contributed by atoms with Crippen molar-refractivity contribution in [3.8, 4) is 0 Å². The van der Waals surface area contributed by atoms with Gasteiger partial charge in [-0.1, -0.05) is 29.8 Å². The van der Waals surface area contributed by atoms with E-state index < -0.39 is 0 Å². The van der Waals surface area contributed by atoms with Gasteiger partial charge in [0.2, 0.25) is 0 Å². The molecule has 0 aliphatic heterocycles. The SMILES string of the molecule is CC(=O)C1(C(C)C)CC1Br. The van der Waals surface area contributed by atoms with Crippen LogP contribution < -0.4 is 0 Å². The topological polar surface area (TPSA) is 17.1 Å². The van der Waals surface area contributed by atoms with E-state index in [9.17, 15) is 4.79 Å². The van der Waals surface area contributed by atoms with Gasteiger partial charge in [-0.3, -0.25) is 4.79 Å². The molecule has 0 radical (unpaired) electrons. The summed E-state index contributed by atoms with van der Waals surface area (Å²) in [5, 5.41) is 0. The van der Waals surface area contributed by atoms with E-state index in [4.69, 9.17) is 0 Å². The highest BCUT2D eigenvalue weighted by atomic mass is 79.9. The van der Waals surface area contributed by atoms with Crippen molar-refractivity contribution in [2.75, 3.05) is 0 Å². The molecule has 0 saturated heterocycles. The van der Waals surface area contributed by atoms with Crippen LogP contribution >= 0.6 is 15.9 Å². The average Bonchev–Trinajstić information content (AvgIpc) is 2.42. The van der Waals surface area contributed by atoms with E-state index in [1.165, 1.54) is 0 Å². The minimum atomic E-state index is -0.0139. The molecule has 10 heavy (non-hydrogen) atoms. The lowest BCUT2D eigenvalue weighted by atomic mass is 9.89. The van der Waals surface area contributed by atoms with E-state index in [2.05, 4.69) is 29.8 Å². The molecule has 0 spiro atoms. The van der Waals surface area contributed by atoms with E-state index in [1.54, 1.807) is 6.92 Å². The van der Waals surface area contributed by atoms with Gasteiger partial charge < -0.3 is 0 Å². The zero-order valence-electron chi connectivity index (χ0n) is 6.65. The number of hydrogen-bond acceptors (Lipinski definition) is 1. The summed E-state index contributed by atoms with van der Waals surface area (Å²) < 4.78 is 0. The fraction of sp³-hybridized carbons (Fsp3) is 0.875. The summed E-state index contributed by atoms with van der Waals surface area (Å²) in [7, 11) is 0. The lowest BCUT2D eigenvalue weighted by Crippen LogP contribution is -2.21. The molecular formula is C8H13BrO. The number of carbonyl (C=O) groups is 1. The monoisotopic (exact) mass is 204 g/mol. The van der Waals surface area contributed by atoms with Gasteiger partial charge in [0.25, 0.3) is 0 Å². The van der Waals surface area contributed by atoms with Crippen LogP contribution in [-0.2, 0) is 4.79 Å². The van der Waals surface area contributed by atoms with Gasteiger partial charge in [-0.15, -0.1) is 0 Å². The zero-order valence-corrected chi connectivity index (χ0v) is 8.23. The summed E-state index contributed by atoms with van der Waals surface area (Å²) in [5.74, 6) is 0.818. The summed E-state index contributed by atoms with van der Waals surface area (Å²) in [6.45, 7) is 5.92. The van der Waals surface area contributed by atoms with E-state index in [-0.39, 0.29) is 5.41 Å². The van der Waals surface area contributed by atoms with Crippen molar-refractivity contribution in [3.05, 3.63) is 0 Å². The second-order valence-electron chi connectivity index (χ2n) is 3.42. The molecule has 1 aliphatic rings. The largest absolute Gasteiger partial charge is 0.299 e. The Balaban J connectivity index is 2.73. The van der Waals surface area contributed by atoms with Crippen LogP contribution in [0.3, 0.4) is 0 Å². The highest BCUT2D eigenvalue weighted by molar-refractivity contribution is 9.09. The van der Waals surface area contributed by atoms with Gasteiger partial charge in [-0.25, -0.2) is 0 Å². The molecule has 2 atom stereocenters. The highest BCUT2D eigenvalue weighted by Gasteiger charge is 2.58. The third-order valence-corrected chi connectivity index (χ3v) is 3.74. The smallest absolute Gasteiger partial charge is 0.137 e. The summed E-state index contributed by atoms with van der Waals surface area (Å²) in [6, 6.07) is 0. The summed E-state index contributed by atoms with van der Waals surface area (Å²) in [5.41, 5.74) is -0.0139. The first-order valence-corrected chi connectivity index (χ1v) is 4.58. The Morgan fingerprint density at radius 1 is 1.70 bits per heavy atom. The molecule has 0 bridgehead atoms. The number of halogens is 1. The first-order chi connectivity index (χ1) is 4.51. The first kappa shape index (κ1) is 8.25. The minimum absolute atomic E-state index is 0.0139. The number of hydrogen-bond donors (Lipinski definition) is 0. The average molecular weight is 205 g/mol. The predicted octanol–water partition coefficient (Wildman–Crippen LogP) is 2.39. The van der Waals surface area contributed by atoms with Gasteiger partial charge in [0.05, 0.1) is 0 Å². The fourth-order valence-electron chi connectivity index (χ4n) is 1.61. The van der Waals surface area contributed by atoms with Crippen molar-refractivity contribution < 1.29 is 4.79 Å². The molecule has 0 aromatic rings. The second kappa shape index (κ2) is 2.33. The Morgan fingerprint density at radius 2 is 2.10 bits per heavy atom. The van der Waals surface area contributed by atoms with Crippen molar-refractivity contribution in [1.29, 1.82) is 0 Å². The van der Waals surface area contributed by atoms with Crippen LogP contribution in [0.25, 0.3) is 0 Å². The van der Waals surface area contributed by atoms with Gasteiger partial charge in [0, 0.05) is 10.2 Å². The molecule has 2 unspecified atom stereocenters. The maximum Gasteiger partial charge on any atom is 0.137 e. The molecule has 0 heterocycles. The number of ketones is 1. The molecule has 0 N–H and O–H groups in total. The van der Waals surface area contributed by atoms with Crippen LogP contribution in [0.4, 0.5) is 0 Å². The molecule has 0 aromatic heterocycles. The fourth-order valence-corrected chi connectivity index (χ4v) is 2.99. The molecule has 1 aliphatic carbocycles. The molecule has 0 aromatic carbocycles. The maximum absolute atomic E-state index is 11.1. The lowest BCUT2D eigenvalue weighted by molar-refractivity contribution is -0.123. The minimum Gasteiger partial charge on any atom is -0.299 e. The van der Waals surface area contributed by atoms with Gasteiger partial charge in [0.15, 0.2) is 0 Å². The number of rotatable bonds is 2. The van der Waals surface area contributed by atoms with Crippen LogP contribution in [0, 0.1) is 11.3 Å². The quantitative estimate of drug-likeness (QED) is 0.632. The number of alkyl halides is 1. The van der Waals surface area contributed by atoms with Crippen LogP contribution in [0.15, 0.2) is 0 Å². The van der Waals surface area contributed by atoms with Gasteiger partial charge in [-0.2, -0.15) is 0 Å². The Labute approximate surface area is 70.3 Å². The van der Waals surface area contributed by atoms with Crippen molar-refractivity contribution >= 4 is 21.7 Å². The highest BCUT2D eigenvalue weighted by Crippen LogP contribution is 2.57. The molecule has 1 saturated carbocycles. The third kappa shape index (κ3) is 0.931. The Bertz CT molecular complexity index is 165. The van der Waals surface area contributed by atoms with Gasteiger partial charge >= 0.3 is 0 Å².